The van der Waals surface area contributed by atoms with E-state index in [1.54, 1.807) is 23.1 Å². The zero-order valence-electron chi connectivity index (χ0n) is 23.3. The molecule has 0 radical (unpaired) electrons. The second-order valence-electron chi connectivity index (χ2n) is 12.2. The van der Waals surface area contributed by atoms with E-state index in [0.717, 1.165) is 73.8 Å². The Morgan fingerprint density at radius 2 is 2.02 bits per heavy atom. The number of nitrogens with zero attached hydrogens (tertiary/aromatic N) is 8. The molecule has 8 rings (SSSR count). The first-order chi connectivity index (χ1) is 20.5. The SMILES string of the molecule is N#Cc1c(N)sc2c1C1(CC2)CN(c2nc(OC[C@@]34CCCN3CC(F)C4)nc(N3CCSc4ncccc4C3)n2)C1. The van der Waals surface area contributed by atoms with Gasteiger partial charge < -0.3 is 20.3 Å². The first-order valence-corrected chi connectivity index (χ1v) is 16.4. The summed E-state index contributed by atoms with van der Waals surface area (Å²) in [7, 11) is 0. The van der Waals surface area contributed by atoms with Crippen molar-refractivity contribution >= 4 is 40.0 Å². The van der Waals surface area contributed by atoms with Gasteiger partial charge in [-0.05, 0) is 43.9 Å². The van der Waals surface area contributed by atoms with Gasteiger partial charge in [-0.25, -0.2) is 9.37 Å². The molecule has 10 nitrogen and oxygen atoms in total. The third-order valence-corrected chi connectivity index (χ3v) is 11.8. The van der Waals surface area contributed by atoms with Gasteiger partial charge in [-0.2, -0.15) is 20.2 Å². The third kappa shape index (κ3) is 4.21. The van der Waals surface area contributed by atoms with Crippen molar-refractivity contribution in [3.05, 3.63) is 39.9 Å². The van der Waals surface area contributed by atoms with Crippen molar-refractivity contribution in [2.75, 3.05) is 60.6 Å². The number of nitrogens with two attached hydrogens (primary N) is 1. The number of halogens is 1. The van der Waals surface area contributed by atoms with Gasteiger partial charge in [-0.3, -0.25) is 4.90 Å². The lowest BCUT2D eigenvalue weighted by Gasteiger charge is -2.48. The van der Waals surface area contributed by atoms with Gasteiger partial charge in [0.1, 0.15) is 28.9 Å². The van der Waals surface area contributed by atoms with Crippen LogP contribution < -0.4 is 20.3 Å². The third-order valence-electron chi connectivity index (χ3n) is 9.67. The average Bonchev–Trinajstić information content (AvgIpc) is 3.64. The van der Waals surface area contributed by atoms with E-state index in [-0.39, 0.29) is 17.0 Å². The first kappa shape index (κ1) is 26.4. The van der Waals surface area contributed by atoms with E-state index in [2.05, 4.69) is 31.8 Å². The number of pyridine rings is 1. The molecule has 0 amide bonds. The number of aryl methyl sites for hydroxylation is 1. The summed E-state index contributed by atoms with van der Waals surface area (Å²) in [5.41, 5.74) is 8.73. The number of thiophene rings is 1. The normalized spacial score (nSPS) is 26.0. The topological polar surface area (TPSA) is 120 Å². The predicted molar refractivity (Wildman–Crippen MR) is 160 cm³/mol. The molecule has 0 saturated carbocycles. The largest absolute Gasteiger partial charge is 0.461 e. The van der Waals surface area contributed by atoms with E-state index in [1.807, 2.05) is 12.3 Å². The minimum absolute atomic E-state index is 0.102. The number of rotatable bonds is 5. The van der Waals surface area contributed by atoms with Crippen molar-refractivity contribution in [2.24, 2.45) is 0 Å². The number of hydrogen-bond donors (Lipinski definition) is 1. The lowest BCUT2D eigenvalue weighted by atomic mass is 9.74. The van der Waals surface area contributed by atoms with Crippen molar-refractivity contribution in [3.8, 4) is 12.1 Å². The smallest absolute Gasteiger partial charge is 0.323 e. The molecular weight excluding hydrogens is 574 g/mol. The molecule has 3 fully saturated rings. The summed E-state index contributed by atoms with van der Waals surface area (Å²) in [4.78, 5) is 27.0. The number of hydrogen-bond acceptors (Lipinski definition) is 12. The van der Waals surface area contributed by atoms with Crippen molar-refractivity contribution in [3.63, 3.8) is 0 Å². The molecule has 218 valence electrons. The molecule has 5 aliphatic rings. The highest BCUT2D eigenvalue weighted by Gasteiger charge is 2.52. The molecule has 2 atom stereocenters. The second-order valence-corrected chi connectivity index (χ2v) is 14.4. The minimum atomic E-state index is -0.820. The molecule has 1 aliphatic carbocycles. The number of nitrogen functional groups attached to an aromatic ring is 1. The number of thioether (sulfide) groups is 1. The molecule has 0 aromatic carbocycles. The fourth-order valence-electron chi connectivity index (χ4n) is 7.68. The van der Waals surface area contributed by atoms with E-state index in [4.69, 9.17) is 25.4 Å². The minimum Gasteiger partial charge on any atom is -0.461 e. The quantitative estimate of drug-likeness (QED) is 0.460. The van der Waals surface area contributed by atoms with Gasteiger partial charge in [0.15, 0.2) is 0 Å². The van der Waals surface area contributed by atoms with Gasteiger partial charge in [0.25, 0.3) is 0 Å². The van der Waals surface area contributed by atoms with Crippen molar-refractivity contribution in [1.82, 2.24) is 24.8 Å². The monoisotopic (exact) mass is 605 g/mol. The molecule has 2 N–H and O–H groups in total. The predicted octanol–water partition coefficient (Wildman–Crippen LogP) is 3.55. The number of alkyl halides is 1. The van der Waals surface area contributed by atoms with Crippen LogP contribution in [0.5, 0.6) is 6.01 Å². The summed E-state index contributed by atoms with van der Waals surface area (Å²) in [5, 5.41) is 11.5. The van der Waals surface area contributed by atoms with Crippen LogP contribution in [0.15, 0.2) is 23.4 Å². The highest BCUT2D eigenvalue weighted by Crippen LogP contribution is 2.52. The molecule has 4 aliphatic heterocycles. The van der Waals surface area contributed by atoms with Crippen LogP contribution in [0.4, 0.5) is 21.3 Å². The maximum Gasteiger partial charge on any atom is 0.323 e. The number of fused-ring (bicyclic) bond motifs is 4. The Morgan fingerprint density at radius 1 is 1.17 bits per heavy atom. The number of anilines is 3. The maximum absolute atomic E-state index is 14.4. The van der Waals surface area contributed by atoms with E-state index in [0.29, 0.717) is 48.6 Å². The van der Waals surface area contributed by atoms with E-state index >= 15 is 0 Å². The summed E-state index contributed by atoms with van der Waals surface area (Å²) >= 11 is 3.30. The van der Waals surface area contributed by atoms with Crippen LogP contribution in [0.25, 0.3) is 0 Å². The standard InChI is InChI=1S/C29H32FN9OS2/c30-19-11-29(5-2-8-39(29)14-19)17-40-27-35-25(37-9-10-41-24-18(13-37)3-1-7-33-24)34-26(36-27)38-15-28(16-38)6-4-21-22(28)20(12-31)23(32)42-21/h1,3,7,19H,2,4-6,8-11,13-17,32H2/t19?,29-/m0/s1. The molecule has 1 spiro atoms. The fourth-order valence-corrected chi connectivity index (χ4v) is 9.78. The van der Waals surface area contributed by atoms with Gasteiger partial charge in [0.2, 0.25) is 11.9 Å². The van der Waals surface area contributed by atoms with Crippen molar-refractivity contribution < 1.29 is 9.13 Å². The lowest BCUT2D eigenvalue weighted by molar-refractivity contribution is 0.107. The number of nitriles is 1. The number of ether oxygens (including phenoxy) is 1. The first-order valence-electron chi connectivity index (χ1n) is 14.6. The van der Waals surface area contributed by atoms with Crippen LogP contribution in [-0.4, -0.2) is 81.6 Å². The molecular formula is C29H32FN9OS2. The summed E-state index contributed by atoms with van der Waals surface area (Å²) in [6, 6.07) is 6.70. The molecule has 13 heteroatoms. The van der Waals surface area contributed by atoms with Crippen LogP contribution in [-0.2, 0) is 18.4 Å². The zero-order chi connectivity index (χ0) is 28.5. The zero-order valence-corrected chi connectivity index (χ0v) is 24.9. The molecule has 3 saturated heterocycles. The Balaban J connectivity index is 1.10. The van der Waals surface area contributed by atoms with Gasteiger partial charge in [0, 0.05) is 66.9 Å². The van der Waals surface area contributed by atoms with Gasteiger partial charge in [-0.1, -0.05) is 6.07 Å². The highest BCUT2D eigenvalue weighted by atomic mass is 32.2. The van der Waals surface area contributed by atoms with Crippen LogP contribution in [0, 0.1) is 11.3 Å². The molecule has 42 heavy (non-hydrogen) atoms. The Hall–Kier alpha value is -3.21. The average molecular weight is 606 g/mol. The summed E-state index contributed by atoms with van der Waals surface area (Å²) in [6.07, 6.45) is 5.43. The van der Waals surface area contributed by atoms with Crippen molar-refractivity contribution in [1.29, 1.82) is 5.26 Å². The van der Waals surface area contributed by atoms with Crippen LogP contribution in [0.3, 0.4) is 0 Å². The van der Waals surface area contributed by atoms with E-state index < -0.39 is 6.17 Å². The summed E-state index contributed by atoms with van der Waals surface area (Å²) in [5.74, 6) is 2.02. The Labute approximate surface area is 252 Å². The van der Waals surface area contributed by atoms with Crippen LogP contribution in [0.1, 0.15) is 47.3 Å². The highest BCUT2D eigenvalue weighted by molar-refractivity contribution is 7.99. The Morgan fingerprint density at radius 3 is 2.88 bits per heavy atom. The molecule has 1 unspecified atom stereocenters. The molecule has 0 bridgehead atoms. The number of aromatic nitrogens is 4. The van der Waals surface area contributed by atoms with Crippen molar-refractivity contribution in [2.45, 2.75) is 60.8 Å². The van der Waals surface area contributed by atoms with Gasteiger partial charge in [-0.15, -0.1) is 23.1 Å². The summed E-state index contributed by atoms with van der Waals surface area (Å²) in [6.45, 7) is 4.60. The Bertz CT molecular complexity index is 1590. The fraction of sp³-hybridized carbons (Fsp3) is 0.552. The molecule has 7 heterocycles. The van der Waals surface area contributed by atoms with Gasteiger partial charge >= 0.3 is 6.01 Å². The molecule has 3 aromatic rings. The maximum atomic E-state index is 14.4. The van der Waals surface area contributed by atoms with E-state index in [9.17, 15) is 9.65 Å². The van der Waals surface area contributed by atoms with Crippen LogP contribution in [0.2, 0.25) is 0 Å². The lowest BCUT2D eigenvalue weighted by Crippen LogP contribution is -2.59. The Kier molecular flexibility index (Phi) is 6.24. The molecule has 3 aromatic heterocycles. The summed E-state index contributed by atoms with van der Waals surface area (Å²) < 4.78 is 20.8. The van der Waals surface area contributed by atoms with Gasteiger partial charge in [0.05, 0.1) is 11.1 Å². The van der Waals surface area contributed by atoms with E-state index in [1.165, 1.54) is 4.88 Å². The second kappa shape index (κ2) is 9.92. The van der Waals surface area contributed by atoms with Crippen LogP contribution >= 0.6 is 23.1 Å².